The zero-order chi connectivity index (χ0) is 36.3. The molecule has 0 aliphatic rings. The summed E-state index contributed by atoms with van der Waals surface area (Å²) in [5.74, 6) is 0.569. The van der Waals surface area contributed by atoms with Gasteiger partial charge in [0.25, 0.3) is 0 Å². The Hall–Kier alpha value is -4.26. The summed E-state index contributed by atoms with van der Waals surface area (Å²) in [6, 6.07) is 9.09. The van der Waals surface area contributed by atoms with Crippen molar-refractivity contribution in [1.82, 2.24) is 15.0 Å². The van der Waals surface area contributed by atoms with Crippen molar-refractivity contribution in [3.8, 4) is 11.5 Å². The number of benzene rings is 2. The molecule has 0 bridgehead atoms. The molecule has 5 N–H and O–H groups in total. The standard InChI is InChI=1S/C37H54N6O6S/c1-6-10-13-25(8-3)23-48-33(46)29-17-15-27(21-31(29)44)39-36-41-35(38-19-12-20-50-5)42-37(43-36)40-28-16-18-30(32(45)22-28)34(47)49-24-26(9-4)14-11-7-2/h15-18,21-22,25-26,44-45H,6-14,19-20,23-24H2,1-5H3,(H3,38,39,40,41,42,43). The fourth-order valence-electron chi connectivity index (χ4n) is 5.14. The molecule has 0 amide bonds. The van der Waals surface area contributed by atoms with Crippen LogP contribution in [0.25, 0.3) is 0 Å². The third-order valence-corrected chi connectivity index (χ3v) is 9.08. The highest BCUT2D eigenvalue weighted by Crippen LogP contribution is 2.28. The lowest BCUT2D eigenvalue weighted by Gasteiger charge is -2.15. The van der Waals surface area contributed by atoms with Gasteiger partial charge >= 0.3 is 11.9 Å². The highest BCUT2D eigenvalue weighted by molar-refractivity contribution is 7.98. The molecule has 0 fully saturated rings. The number of anilines is 5. The second-order valence-electron chi connectivity index (χ2n) is 12.3. The summed E-state index contributed by atoms with van der Waals surface area (Å²) in [5.41, 5.74) is 1.03. The minimum absolute atomic E-state index is 0.0730. The fourth-order valence-corrected chi connectivity index (χ4v) is 5.58. The molecule has 0 saturated heterocycles. The summed E-state index contributed by atoms with van der Waals surface area (Å²) in [7, 11) is 0. The molecule has 1 aromatic heterocycles. The zero-order valence-electron chi connectivity index (χ0n) is 30.1. The smallest absolute Gasteiger partial charge is 0.341 e. The molecule has 2 unspecified atom stereocenters. The molecular weight excluding hydrogens is 657 g/mol. The number of thioether (sulfide) groups is 1. The molecule has 0 saturated carbocycles. The van der Waals surface area contributed by atoms with E-state index >= 15 is 0 Å². The first-order chi connectivity index (χ1) is 24.2. The van der Waals surface area contributed by atoms with Gasteiger partial charge in [0.15, 0.2) is 0 Å². The van der Waals surface area contributed by atoms with Crippen LogP contribution in [0.2, 0.25) is 0 Å². The summed E-state index contributed by atoms with van der Waals surface area (Å²) in [4.78, 5) is 38.9. The van der Waals surface area contributed by atoms with Crippen molar-refractivity contribution in [2.45, 2.75) is 85.5 Å². The lowest BCUT2D eigenvalue weighted by molar-refractivity contribution is 0.0416. The SMILES string of the molecule is CCCCC(CC)COC(=O)c1ccc(Nc2nc(NCCCSC)nc(Nc3ccc(C(=O)OCC(CC)CCCC)c(O)c3)n2)cc1O. The number of aromatic hydroxyl groups is 2. The van der Waals surface area contributed by atoms with Crippen LogP contribution in [0.15, 0.2) is 36.4 Å². The Morgan fingerprint density at radius 3 is 1.58 bits per heavy atom. The number of carbonyl (C=O) groups is 2. The van der Waals surface area contributed by atoms with Gasteiger partial charge in [-0.15, -0.1) is 0 Å². The number of hydrogen-bond acceptors (Lipinski definition) is 13. The first-order valence-corrected chi connectivity index (χ1v) is 19.1. The van der Waals surface area contributed by atoms with Gasteiger partial charge < -0.3 is 35.6 Å². The van der Waals surface area contributed by atoms with Crippen molar-refractivity contribution < 1.29 is 29.3 Å². The second-order valence-corrected chi connectivity index (χ2v) is 13.3. The maximum atomic E-state index is 12.7. The molecule has 2 atom stereocenters. The van der Waals surface area contributed by atoms with Crippen LogP contribution in [0, 0.1) is 11.8 Å². The largest absolute Gasteiger partial charge is 0.507 e. The Morgan fingerprint density at radius 2 is 1.18 bits per heavy atom. The molecule has 3 rings (SSSR count). The first-order valence-electron chi connectivity index (χ1n) is 17.7. The normalized spacial score (nSPS) is 12.2. The van der Waals surface area contributed by atoms with Crippen LogP contribution in [-0.2, 0) is 9.47 Å². The number of hydrogen-bond donors (Lipinski definition) is 5. The molecule has 3 aromatic rings. The van der Waals surface area contributed by atoms with E-state index in [1.54, 1.807) is 23.9 Å². The van der Waals surface area contributed by atoms with E-state index in [0.29, 0.717) is 37.1 Å². The number of esters is 2. The Balaban J connectivity index is 1.74. The Morgan fingerprint density at radius 1 is 0.720 bits per heavy atom. The molecule has 2 aromatic carbocycles. The van der Waals surface area contributed by atoms with Gasteiger partial charge in [0.2, 0.25) is 17.8 Å². The quantitative estimate of drug-likeness (QED) is 0.0469. The van der Waals surface area contributed by atoms with E-state index in [-0.39, 0.29) is 46.4 Å². The van der Waals surface area contributed by atoms with Gasteiger partial charge in [-0.25, -0.2) is 9.59 Å². The minimum Gasteiger partial charge on any atom is -0.507 e. The van der Waals surface area contributed by atoms with Crippen LogP contribution in [0.1, 0.15) is 106 Å². The van der Waals surface area contributed by atoms with E-state index in [9.17, 15) is 19.8 Å². The minimum atomic E-state index is -0.577. The summed E-state index contributed by atoms with van der Waals surface area (Å²) >= 11 is 1.74. The van der Waals surface area contributed by atoms with E-state index in [0.717, 1.165) is 63.5 Å². The molecule has 0 radical (unpaired) electrons. The van der Waals surface area contributed by atoms with Crippen LogP contribution < -0.4 is 16.0 Å². The van der Waals surface area contributed by atoms with E-state index in [1.165, 1.54) is 24.3 Å². The van der Waals surface area contributed by atoms with Crippen LogP contribution in [0.3, 0.4) is 0 Å². The average Bonchev–Trinajstić information content (AvgIpc) is 3.10. The van der Waals surface area contributed by atoms with Gasteiger partial charge in [-0.2, -0.15) is 26.7 Å². The molecule has 13 heteroatoms. The van der Waals surface area contributed by atoms with Crippen molar-refractivity contribution in [3.63, 3.8) is 0 Å². The highest BCUT2D eigenvalue weighted by atomic mass is 32.2. The second kappa shape index (κ2) is 21.7. The van der Waals surface area contributed by atoms with Crippen molar-refractivity contribution in [3.05, 3.63) is 47.5 Å². The summed E-state index contributed by atoms with van der Waals surface area (Å²) < 4.78 is 11.0. The highest BCUT2D eigenvalue weighted by Gasteiger charge is 2.18. The van der Waals surface area contributed by atoms with Gasteiger partial charge in [0, 0.05) is 30.1 Å². The lowest BCUT2D eigenvalue weighted by Crippen LogP contribution is -2.14. The molecule has 12 nitrogen and oxygen atoms in total. The number of phenolic OH excluding ortho intramolecular Hbond substituents is 2. The Bertz CT molecular complexity index is 1410. The number of unbranched alkanes of at least 4 members (excludes halogenated alkanes) is 2. The van der Waals surface area contributed by atoms with Crippen LogP contribution in [-0.4, -0.2) is 68.9 Å². The maximum Gasteiger partial charge on any atom is 0.341 e. The lowest BCUT2D eigenvalue weighted by atomic mass is 10.0. The molecular formula is C37H54N6O6S. The predicted octanol–water partition coefficient (Wildman–Crippen LogP) is 8.68. The zero-order valence-corrected chi connectivity index (χ0v) is 30.9. The first kappa shape index (κ1) is 40.2. The van der Waals surface area contributed by atoms with Gasteiger partial charge in [-0.3, -0.25) is 0 Å². The number of rotatable bonds is 23. The molecule has 0 aliphatic heterocycles. The van der Waals surface area contributed by atoms with Crippen LogP contribution >= 0.6 is 11.8 Å². The fraction of sp³-hybridized carbons (Fsp3) is 0.541. The van der Waals surface area contributed by atoms with Crippen molar-refractivity contribution in [1.29, 1.82) is 0 Å². The third kappa shape index (κ3) is 13.2. The summed E-state index contributed by atoms with van der Waals surface area (Å²) in [6.07, 6.45) is 11.1. The monoisotopic (exact) mass is 710 g/mol. The maximum absolute atomic E-state index is 12.7. The van der Waals surface area contributed by atoms with Crippen molar-refractivity contribution in [2.75, 3.05) is 47.7 Å². The molecule has 0 spiro atoms. The Kier molecular flexibility index (Phi) is 17.5. The number of aromatic nitrogens is 3. The number of nitrogens with one attached hydrogen (secondary N) is 3. The van der Waals surface area contributed by atoms with E-state index < -0.39 is 11.9 Å². The van der Waals surface area contributed by atoms with Gasteiger partial charge in [-0.1, -0.05) is 66.2 Å². The number of phenols is 2. The predicted molar refractivity (Wildman–Crippen MR) is 201 cm³/mol. The number of nitrogens with zero attached hydrogens (tertiary/aromatic N) is 3. The van der Waals surface area contributed by atoms with Gasteiger partial charge in [-0.05, 0) is 67.4 Å². The number of carbonyl (C=O) groups excluding carboxylic acids is 2. The van der Waals surface area contributed by atoms with Crippen LogP contribution in [0.4, 0.5) is 29.2 Å². The van der Waals surface area contributed by atoms with E-state index in [2.05, 4.69) is 58.6 Å². The molecule has 0 aliphatic carbocycles. The van der Waals surface area contributed by atoms with Crippen LogP contribution in [0.5, 0.6) is 11.5 Å². The topological polar surface area (TPSA) is 168 Å². The van der Waals surface area contributed by atoms with Gasteiger partial charge in [0.1, 0.15) is 22.6 Å². The number of ether oxygens (including phenoxy) is 2. The summed E-state index contributed by atoms with van der Waals surface area (Å²) in [5, 5.41) is 30.7. The molecule has 1 heterocycles. The van der Waals surface area contributed by atoms with E-state index in [1.807, 2.05) is 6.26 Å². The molecule has 274 valence electrons. The molecule has 50 heavy (non-hydrogen) atoms. The Labute approximate surface area is 300 Å². The van der Waals surface area contributed by atoms with Crippen molar-refractivity contribution in [2.24, 2.45) is 11.8 Å². The van der Waals surface area contributed by atoms with Gasteiger partial charge in [0.05, 0.1) is 13.2 Å². The third-order valence-electron chi connectivity index (χ3n) is 8.38. The van der Waals surface area contributed by atoms with Crippen molar-refractivity contribution >= 4 is 52.9 Å². The summed E-state index contributed by atoms with van der Waals surface area (Å²) in [6.45, 7) is 9.68. The average molecular weight is 711 g/mol. The van der Waals surface area contributed by atoms with E-state index in [4.69, 9.17) is 9.47 Å².